The molecule has 0 amide bonds. The molecule has 2 aliphatic rings. The quantitative estimate of drug-likeness (QED) is 0.299. The molecule has 0 spiro atoms. The minimum Gasteiger partial charge on any atom is -0.491 e. The van der Waals surface area contributed by atoms with Crippen molar-refractivity contribution >= 4 is 29.3 Å². The number of hydrogen-bond donors (Lipinski definition) is 0. The highest BCUT2D eigenvalue weighted by molar-refractivity contribution is 8.01. The number of esters is 1. The van der Waals surface area contributed by atoms with Crippen molar-refractivity contribution in [3.8, 4) is 5.75 Å². The standard InChI is InChI=1S/C28H34N4O4S/c1-17(2)35-22-11-9-20(10-12-22)13-14-28(21-7-5-6-8-21)16-23(33)24(25(34)36-28)37-27-30-26-29-18(3)15-19(4)32(26)31-27/h9-12,15,17,21,24H,5-8,13-14,16H2,1-4H3. The van der Waals surface area contributed by atoms with Gasteiger partial charge in [-0.3, -0.25) is 9.59 Å². The number of aryl methyl sites for hydroxylation is 3. The van der Waals surface area contributed by atoms with Crippen molar-refractivity contribution in [2.45, 2.75) is 94.8 Å². The van der Waals surface area contributed by atoms with Gasteiger partial charge in [0.25, 0.3) is 5.78 Å². The van der Waals surface area contributed by atoms with E-state index in [4.69, 9.17) is 9.47 Å². The smallest absolute Gasteiger partial charge is 0.327 e. The van der Waals surface area contributed by atoms with Crippen LogP contribution in [0.2, 0.25) is 0 Å². The summed E-state index contributed by atoms with van der Waals surface area (Å²) in [6, 6.07) is 9.97. The third kappa shape index (κ3) is 5.51. The fourth-order valence-corrected chi connectivity index (χ4v) is 6.45. The number of benzene rings is 1. The highest BCUT2D eigenvalue weighted by Gasteiger charge is 2.52. The van der Waals surface area contributed by atoms with E-state index in [0.29, 0.717) is 17.4 Å². The van der Waals surface area contributed by atoms with Crippen molar-refractivity contribution in [1.29, 1.82) is 0 Å². The summed E-state index contributed by atoms with van der Waals surface area (Å²) in [5, 5.41) is 3.86. The first-order chi connectivity index (χ1) is 17.7. The molecule has 196 valence electrons. The third-order valence-electron chi connectivity index (χ3n) is 7.34. The van der Waals surface area contributed by atoms with Gasteiger partial charge in [-0.15, -0.1) is 5.10 Å². The zero-order valence-electron chi connectivity index (χ0n) is 21.9. The van der Waals surface area contributed by atoms with E-state index in [1.54, 1.807) is 4.52 Å². The number of nitrogens with zero attached hydrogens (tertiary/aromatic N) is 4. The van der Waals surface area contributed by atoms with Gasteiger partial charge < -0.3 is 9.47 Å². The monoisotopic (exact) mass is 522 g/mol. The molecule has 1 aliphatic heterocycles. The molecule has 0 N–H and O–H groups in total. The number of Topliss-reactive ketones (excluding diaryl/α,β-unsaturated/α-hetero) is 1. The summed E-state index contributed by atoms with van der Waals surface area (Å²) in [6.45, 7) is 7.82. The average molecular weight is 523 g/mol. The van der Waals surface area contributed by atoms with Gasteiger partial charge in [0.2, 0.25) is 5.16 Å². The van der Waals surface area contributed by atoms with Crippen molar-refractivity contribution in [2.24, 2.45) is 5.92 Å². The molecule has 0 bridgehead atoms. The molecule has 2 atom stereocenters. The summed E-state index contributed by atoms with van der Waals surface area (Å²) in [5.74, 6) is 0.923. The fraction of sp³-hybridized carbons (Fsp3) is 0.536. The van der Waals surface area contributed by atoms with Gasteiger partial charge in [0.15, 0.2) is 11.0 Å². The van der Waals surface area contributed by atoms with Gasteiger partial charge in [0.1, 0.15) is 11.4 Å². The highest BCUT2D eigenvalue weighted by Crippen LogP contribution is 2.45. The molecule has 8 nitrogen and oxygen atoms in total. The highest BCUT2D eigenvalue weighted by atomic mass is 32.2. The number of ketones is 1. The van der Waals surface area contributed by atoms with E-state index in [9.17, 15) is 9.59 Å². The Labute approximate surface area is 221 Å². The van der Waals surface area contributed by atoms with Crippen LogP contribution in [-0.4, -0.2) is 48.3 Å². The molecule has 1 aromatic carbocycles. The van der Waals surface area contributed by atoms with Crippen LogP contribution in [0.5, 0.6) is 5.75 Å². The van der Waals surface area contributed by atoms with Crippen LogP contribution in [0.3, 0.4) is 0 Å². The van der Waals surface area contributed by atoms with Gasteiger partial charge in [0.05, 0.1) is 6.10 Å². The van der Waals surface area contributed by atoms with E-state index in [2.05, 4.69) is 27.2 Å². The largest absolute Gasteiger partial charge is 0.491 e. The topological polar surface area (TPSA) is 95.7 Å². The summed E-state index contributed by atoms with van der Waals surface area (Å²) in [6.07, 6.45) is 5.90. The molecule has 2 unspecified atom stereocenters. The minimum atomic E-state index is -0.958. The molecule has 3 aromatic rings. The SMILES string of the molecule is Cc1cc(C)n2nc(SC3C(=O)CC(CCc4ccc(OC(C)C)cc4)(C4CCCC4)OC3=O)nc2n1. The van der Waals surface area contributed by atoms with Crippen LogP contribution in [0, 0.1) is 19.8 Å². The fourth-order valence-electron chi connectivity index (χ4n) is 5.61. The number of fused-ring (bicyclic) bond motifs is 1. The Morgan fingerprint density at radius 1 is 1.14 bits per heavy atom. The second kappa shape index (κ2) is 10.4. The van der Waals surface area contributed by atoms with Crippen LogP contribution < -0.4 is 4.74 Å². The van der Waals surface area contributed by atoms with Crippen molar-refractivity contribution in [1.82, 2.24) is 19.6 Å². The van der Waals surface area contributed by atoms with E-state index < -0.39 is 16.8 Å². The van der Waals surface area contributed by atoms with Crippen molar-refractivity contribution in [2.75, 3.05) is 0 Å². The van der Waals surface area contributed by atoms with E-state index >= 15 is 0 Å². The normalized spacial score (nSPS) is 22.7. The summed E-state index contributed by atoms with van der Waals surface area (Å²) < 4.78 is 13.6. The molecular weight excluding hydrogens is 488 g/mol. The lowest BCUT2D eigenvalue weighted by molar-refractivity contribution is -0.177. The van der Waals surface area contributed by atoms with E-state index in [1.165, 1.54) is 0 Å². The van der Waals surface area contributed by atoms with Crippen molar-refractivity contribution in [3.63, 3.8) is 0 Å². The number of thioether (sulfide) groups is 1. The van der Waals surface area contributed by atoms with Gasteiger partial charge >= 0.3 is 5.97 Å². The van der Waals surface area contributed by atoms with Crippen molar-refractivity contribution in [3.05, 3.63) is 47.3 Å². The first-order valence-electron chi connectivity index (χ1n) is 13.1. The van der Waals surface area contributed by atoms with Crippen LogP contribution in [0.25, 0.3) is 5.78 Å². The van der Waals surface area contributed by atoms with Gasteiger partial charge in [-0.05, 0) is 83.1 Å². The molecule has 1 saturated heterocycles. The molecular formula is C28H34N4O4S. The van der Waals surface area contributed by atoms with Gasteiger partial charge in [-0.25, -0.2) is 9.50 Å². The van der Waals surface area contributed by atoms with Gasteiger partial charge in [-0.2, -0.15) is 4.98 Å². The lowest BCUT2D eigenvalue weighted by Gasteiger charge is -2.42. The first-order valence-corrected chi connectivity index (χ1v) is 14.0. The van der Waals surface area contributed by atoms with Crippen LogP contribution in [0.15, 0.2) is 35.5 Å². The number of rotatable bonds is 8. The second-order valence-corrected chi connectivity index (χ2v) is 11.6. The van der Waals surface area contributed by atoms with Gasteiger partial charge in [0, 0.05) is 17.8 Å². The Balaban J connectivity index is 1.32. The molecule has 9 heteroatoms. The predicted molar refractivity (Wildman–Crippen MR) is 141 cm³/mol. The minimum absolute atomic E-state index is 0.103. The molecule has 37 heavy (non-hydrogen) atoms. The molecule has 0 radical (unpaired) electrons. The molecule has 2 fully saturated rings. The Bertz CT molecular complexity index is 1280. The number of aromatic nitrogens is 4. The lowest BCUT2D eigenvalue weighted by Crippen LogP contribution is -2.53. The zero-order valence-corrected chi connectivity index (χ0v) is 22.7. The number of carbonyl (C=O) groups excluding carboxylic acids is 2. The van der Waals surface area contributed by atoms with E-state index in [0.717, 1.165) is 66.6 Å². The number of ether oxygens (including phenoxy) is 2. The number of carbonyl (C=O) groups is 2. The maximum atomic E-state index is 13.5. The van der Waals surface area contributed by atoms with Crippen LogP contribution in [0.1, 0.15) is 69.3 Å². The zero-order chi connectivity index (χ0) is 26.2. The number of cyclic esters (lactones) is 1. The summed E-state index contributed by atoms with van der Waals surface area (Å²) in [4.78, 5) is 35.6. The van der Waals surface area contributed by atoms with Crippen LogP contribution in [-0.2, 0) is 20.7 Å². The molecule has 5 rings (SSSR count). The second-order valence-electron chi connectivity index (χ2n) is 10.6. The van der Waals surface area contributed by atoms with Gasteiger partial charge in [-0.1, -0.05) is 36.7 Å². The predicted octanol–water partition coefficient (Wildman–Crippen LogP) is 5.07. The Kier molecular flexibility index (Phi) is 7.25. The number of hydrogen-bond acceptors (Lipinski definition) is 8. The lowest BCUT2D eigenvalue weighted by atomic mass is 9.76. The third-order valence-corrected chi connectivity index (χ3v) is 8.41. The van der Waals surface area contributed by atoms with Crippen molar-refractivity contribution < 1.29 is 19.1 Å². The Morgan fingerprint density at radius 2 is 1.86 bits per heavy atom. The summed E-state index contributed by atoms with van der Waals surface area (Å²) in [5.41, 5.74) is 2.12. The van der Waals surface area contributed by atoms with E-state index in [1.807, 2.05) is 45.9 Å². The Hall–Kier alpha value is -2.94. The maximum Gasteiger partial charge on any atom is 0.327 e. The Morgan fingerprint density at radius 3 is 2.54 bits per heavy atom. The maximum absolute atomic E-state index is 13.5. The van der Waals surface area contributed by atoms with Crippen LogP contribution >= 0.6 is 11.8 Å². The summed E-state index contributed by atoms with van der Waals surface area (Å²) >= 11 is 1.06. The molecule has 1 saturated carbocycles. The molecule has 3 heterocycles. The first kappa shape index (κ1) is 25.7. The van der Waals surface area contributed by atoms with Crippen LogP contribution in [0.4, 0.5) is 0 Å². The average Bonchev–Trinajstić information content (AvgIpc) is 3.51. The molecule has 2 aromatic heterocycles. The summed E-state index contributed by atoms with van der Waals surface area (Å²) in [7, 11) is 0. The molecule has 1 aliphatic carbocycles. The van der Waals surface area contributed by atoms with E-state index in [-0.39, 0.29) is 24.2 Å².